The van der Waals surface area contributed by atoms with Crippen molar-refractivity contribution in [2.75, 3.05) is 36.4 Å². The molecule has 6 heteroatoms. The highest BCUT2D eigenvalue weighted by Crippen LogP contribution is 2.27. The second-order valence-electron chi connectivity index (χ2n) is 8.55. The third-order valence-electron chi connectivity index (χ3n) is 6.17. The van der Waals surface area contributed by atoms with Crippen LogP contribution in [0.1, 0.15) is 16.1 Å². The van der Waals surface area contributed by atoms with Gasteiger partial charge in [0.05, 0.1) is 11.4 Å². The molecule has 0 radical (unpaired) electrons. The van der Waals surface area contributed by atoms with Crippen LogP contribution in [0.3, 0.4) is 0 Å². The Hall–Kier alpha value is -4.58. The number of carbonyl (C=O) groups is 2. The molecule has 1 fully saturated rings. The van der Waals surface area contributed by atoms with Crippen molar-refractivity contribution in [2.45, 2.75) is 0 Å². The maximum Gasteiger partial charge on any atom is 0.253 e. The van der Waals surface area contributed by atoms with Gasteiger partial charge in [0.2, 0.25) is 5.91 Å². The quantitative estimate of drug-likeness (QED) is 0.369. The summed E-state index contributed by atoms with van der Waals surface area (Å²) < 4.78 is 5.84. The fourth-order valence-corrected chi connectivity index (χ4v) is 4.30. The van der Waals surface area contributed by atoms with E-state index in [9.17, 15) is 9.59 Å². The Bertz CT molecular complexity index is 1350. The lowest BCUT2D eigenvalue weighted by Gasteiger charge is -2.37. The van der Waals surface area contributed by atoms with Crippen LogP contribution in [0.25, 0.3) is 17.4 Å². The molecule has 36 heavy (non-hydrogen) atoms. The summed E-state index contributed by atoms with van der Waals surface area (Å²) in [6.07, 6.45) is 3.14. The van der Waals surface area contributed by atoms with Crippen LogP contribution in [-0.2, 0) is 4.79 Å². The normalized spacial score (nSPS) is 13.7. The molecule has 0 saturated carbocycles. The van der Waals surface area contributed by atoms with Crippen LogP contribution >= 0.6 is 0 Å². The number of amides is 2. The van der Waals surface area contributed by atoms with Crippen molar-refractivity contribution in [2.24, 2.45) is 0 Å². The van der Waals surface area contributed by atoms with Crippen LogP contribution in [0, 0.1) is 0 Å². The van der Waals surface area contributed by atoms with Crippen molar-refractivity contribution in [1.29, 1.82) is 0 Å². The lowest BCUT2D eigenvalue weighted by Crippen LogP contribution is -2.49. The summed E-state index contributed by atoms with van der Waals surface area (Å²) in [6.45, 7) is 2.63. The second kappa shape index (κ2) is 10.8. The van der Waals surface area contributed by atoms with Gasteiger partial charge in [-0.1, -0.05) is 60.7 Å². The number of para-hydroxylation sites is 2. The average Bonchev–Trinajstić information content (AvgIpc) is 3.42. The van der Waals surface area contributed by atoms with Gasteiger partial charge in [0.1, 0.15) is 11.5 Å². The van der Waals surface area contributed by atoms with Gasteiger partial charge in [-0.05, 0) is 42.5 Å². The first kappa shape index (κ1) is 23.2. The molecule has 0 atom stereocenters. The van der Waals surface area contributed by atoms with Gasteiger partial charge in [-0.2, -0.15) is 0 Å². The van der Waals surface area contributed by atoms with Gasteiger partial charge >= 0.3 is 0 Å². The molecule has 4 aromatic rings. The molecule has 0 aliphatic carbocycles. The lowest BCUT2D eigenvalue weighted by molar-refractivity contribution is -0.111. The molecule has 1 saturated heterocycles. The van der Waals surface area contributed by atoms with E-state index >= 15 is 0 Å². The number of rotatable bonds is 6. The molecule has 5 rings (SSSR count). The van der Waals surface area contributed by atoms with Crippen LogP contribution in [0.5, 0.6) is 0 Å². The minimum Gasteiger partial charge on any atom is -0.457 e. The van der Waals surface area contributed by atoms with Gasteiger partial charge in [-0.15, -0.1) is 0 Å². The van der Waals surface area contributed by atoms with Crippen molar-refractivity contribution in [3.8, 4) is 11.3 Å². The molecule has 2 heterocycles. The number of hydrogen-bond acceptors (Lipinski definition) is 4. The van der Waals surface area contributed by atoms with Gasteiger partial charge in [-0.3, -0.25) is 9.59 Å². The Morgan fingerprint density at radius 1 is 0.750 bits per heavy atom. The molecule has 1 aliphatic rings. The number of nitrogens with zero attached hydrogens (tertiary/aromatic N) is 2. The Labute approximate surface area is 210 Å². The molecule has 180 valence electrons. The highest BCUT2D eigenvalue weighted by Gasteiger charge is 2.23. The molecule has 1 aromatic heterocycles. The van der Waals surface area contributed by atoms with E-state index in [0.29, 0.717) is 37.5 Å². The summed E-state index contributed by atoms with van der Waals surface area (Å²) >= 11 is 0. The average molecular weight is 478 g/mol. The molecule has 6 nitrogen and oxygen atoms in total. The van der Waals surface area contributed by atoms with Gasteiger partial charge in [-0.25, -0.2) is 0 Å². The summed E-state index contributed by atoms with van der Waals surface area (Å²) in [6, 6.07) is 30.7. The monoisotopic (exact) mass is 477 g/mol. The Morgan fingerprint density at radius 3 is 2.17 bits per heavy atom. The van der Waals surface area contributed by atoms with E-state index in [-0.39, 0.29) is 11.8 Å². The first-order chi connectivity index (χ1) is 17.7. The number of nitrogens with one attached hydrogen (secondary N) is 1. The van der Waals surface area contributed by atoms with Crippen molar-refractivity contribution in [1.82, 2.24) is 4.90 Å². The zero-order chi connectivity index (χ0) is 24.7. The SMILES string of the molecule is O=C(/C=C/c1ccc(-c2ccccc2)o1)Nc1ccccc1N1CCN(C(=O)c2ccccc2)CC1. The minimum atomic E-state index is -0.238. The summed E-state index contributed by atoms with van der Waals surface area (Å²) in [7, 11) is 0. The van der Waals surface area contributed by atoms with Gasteiger partial charge in [0.25, 0.3) is 5.91 Å². The zero-order valence-corrected chi connectivity index (χ0v) is 19.8. The van der Waals surface area contributed by atoms with Crippen LogP contribution in [0.15, 0.2) is 108 Å². The number of anilines is 2. The summed E-state index contributed by atoms with van der Waals surface area (Å²) in [5.41, 5.74) is 3.37. The van der Waals surface area contributed by atoms with Crippen molar-refractivity contribution < 1.29 is 14.0 Å². The first-order valence-corrected chi connectivity index (χ1v) is 12.0. The molecule has 1 aliphatic heterocycles. The van der Waals surface area contributed by atoms with E-state index in [1.807, 2.05) is 102 Å². The smallest absolute Gasteiger partial charge is 0.253 e. The van der Waals surface area contributed by atoms with E-state index in [1.165, 1.54) is 6.08 Å². The number of benzene rings is 3. The maximum atomic E-state index is 12.8. The highest BCUT2D eigenvalue weighted by atomic mass is 16.3. The standard InChI is InChI=1S/C30H27N3O3/c34-29(18-16-25-15-17-28(36-25)23-9-3-1-4-10-23)31-26-13-7-8-14-27(26)32-19-21-33(22-20-32)30(35)24-11-5-2-6-12-24/h1-18H,19-22H2,(H,31,34)/b18-16+. The second-order valence-corrected chi connectivity index (χ2v) is 8.55. The van der Waals surface area contributed by atoms with E-state index < -0.39 is 0 Å². The topological polar surface area (TPSA) is 65.8 Å². The molecule has 0 bridgehead atoms. The highest BCUT2D eigenvalue weighted by molar-refractivity contribution is 6.03. The fraction of sp³-hybridized carbons (Fsp3) is 0.133. The van der Waals surface area contributed by atoms with Crippen LogP contribution < -0.4 is 10.2 Å². The predicted octanol–water partition coefficient (Wildman–Crippen LogP) is 5.56. The molecular formula is C30H27N3O3. The van der Waals surface area contributed by atoms with Gasteiger partial charge in [0, 0.05) is 43.4 Å². The number of carbonyl (C=O) groups excluding carboxylic acids is 2. The molecule has 0 unspecified atom stereocenters. The molecule has 2 amide bonds. The Balaban J connectivity index is 1.21. The van der Waals surface area contributed by atoms with Crippen molar-refractivity contribution >= 4 is 29.3 Å². The van der Waals surface area contributed by atoms with Crippen LogP contribution in [0.4, 0.5) is 11.4 Å². The predicted molar refractivity (Wildman–Crippen MR) is 143 cm³/mol. The summed E-state index contributed by atoms with van der Waals surface area (Å²) in [5.74, 6) is 1.18. The van der Waals surface area contributed by atoms with E-state index in [2.05, 4.69) is 10.2 Å². The zero-order valence-electron chi connectivity index (χ0n) is 19.8. The summed E-state index contributed by atoms with van der Waals surface area (Å²) in [4.78, 5) is 29.5. The third-order valence-corrected chi connectivity index (χ3v) is 6.17. The van der Waals surface area contributed by atoms with Crippen molar-refractivity contribution in [3.05, 3.63) is 114 Å². The van der Waals surface area contributed by atoms with Crippen LogP contribution in [0.2, 0.25) is 0 Å². The fourth-order valence-electron chi connectivity index (χ4n) is 4.30. The van der Waals surface area contributed by atoms with Crippen LogP contribution in [-0.4, -0.2) is 42.9 Å². The molecule has 3 aromatic carbocycles. The van der Waals surface area contributed by atoms with Crippen molar-refractivity contribution in [3.63, 3.8) is 0 Å². The molecular weight excluding hydrogens is 450 g/mol. The Kier molecular flexibility index (Phi) is 6.94. The van der Waals surface area contributed by atoms with Gasteiger partial charge < -0.3 is 19.5 Å². The number of furan rings is 1. The van der Waals surface area contributed by atoms with Gasteiger partial charge in [0.15, 0.2) is 0 Å². The molecule has 0 spiro atoms. The number of hydrogen-bond donors (Lipinski definition) is 1. The van der Waals surface area contributed by atoms with E-state index in [1.54, 1.807) is 6.08 Å². The maximum absolute atomic E-state index is 12.8. The minimum absolute atomic E-state index is 0.0512. The first-order valence-electron chi connectivity index (χ1n) is 12.0. The third kappa shape index (κ3) is 5.39. The lowest BCUT2D eigenvalue weighted by atomic mass is 10.1. The summed E-state index contributed by atoms with van der Waals surface area (Å²) in [5, 5.41) is 2.99. The van der Waals surface area contributed by atoms with E-state index in [0.717, 1.165) is 22.7 Å². The number of piperazine rings is 1. The van der Waals surface area contributed by atoms with E-state index in [4.69, 9.17) is 4.42 Å². The Morgan fingerprint density at radius 2 is 1.42 bits per heavy atom. The molecule has 1 N–H and O–H groups in total. The largest absolute Gasteiger partial charge is 0.457 e.